The molecule has 0 aliphatic carbocycles. The van der Waals surface area contributed by atoms with Crippen LogP contribution in [0.3, 0.4) is 0 Å². The SMILES string of the molecule is CC(C)(C)[C@H](CCS(=O)(=O)O)Nc1cc(-c2cn(S(=O)(=O)Cc3ccccc3)c3ncc(F)cc23)ncc1F. The molecule has 2 N–H and O–H groups in total. The molecule has 39 heavy (non-hydrogen) atoms. The van der Waals surface area contributed by atoms with Gasteiger partial charge in [0.15, 0.2) is 11.5 Å². The minimum absolute atomic E-state index is 0.00834. The van der Waals surface area contributed by atoms with Gasteiger partial charge in [-0.25, -0.2) is 26.2 Å². The lowest BCUT2D eigenvalue weighted by Crippen LogP contribution is -2.36. The molecule has 0 aliphatic rings. The third-order valence-corrected chi connectivity index (χ3v) is 8.57. The van der Waals surface area contributed by atoms with Gasteiger partial charge in [-0.3, -0.25) is 9.54 Å². The first-order valence-corrected chi connectivity index (χ1v) is 15.2. The Kier molecular flexibility index (Phi) is 7.79. The zero-order valence-electron chi connectivity index (χ0n) is 21.5. The van der Waals surface area contributed by atoms with Gasteiger partial charge in [0.2, 0.25) is 10.0 Å². The molecule has 3 heterocycles. The lowest BCUT2D eigenvalue weighted by atomic mass is 9.85. The van der Waals surface area contributed by atoms with Crippen molar-refractivity contribution in [2.75, 3.05) is 11.1 Å². The number of nitrogens with zero attached hydrogens (tertiary/aromatic N) is 3. The molecule has 0 bridgehead atoms. The highest BCUT2D eigenvalue weighted by molar-refractivity contribution is 7.89. The normalized spacial score (nSPS) is 13.5. The summed E-state index contributed by atoms with van der Waals surface area (Å²) in [4.78, 5) is 8.13. The predicted molar refractivity (Wildman–Crippen MR) is 145 cm³/mol. The number of hydrogen-bond acceptors (Lipinski definition) is 7. The highest BCUT2D eigenvalue weighted by atomic mass is 32.2. The van der Waals surface area contributed by atoms with Crippen molar-refractivity contribution in [1.82, 2.24) is 13.9 Å². The molecule has 4 aromatic rings. The van der Waals surface area contributed by atoms with Gasteiger partial charge in [0.05, 0.1) is 35.3 Å². The molecule has 9 nitrogen and oxygen atoms in total. The fourth-order valence-electron chi connectivity index (χ4n) is 4.20. The molecule has 1 aromatic carbocycles. The number of halogens is 2. The van der Waals surface area contributed by atoms with E-state index in [0.717, 1.165) is 22.4 Å². The lowest BCUT2D eigenvalue weighted by molar-refractivity contribution is 0.331. The summed E-state index contributed by atoms with van der Waals surface area (Å²) in [6, 6.07) is 10.4. The van der Waals surface area contributed by atoms with E-state index in [-0.39, 0.29) is 40.2 Å². The van der Waals surface area contributed by atoms with Crippen LogP contribution in [0.15, 0.2) is 61.1 Å². The van der Waals surface area contributed by atoms with Crippen molar-refractivity contribution in [3.8, 4) is 11.3 Å². The molecule has 0 unspecified atom stereocenters. The molecule has 0 amide bonds. The second kappa shape index (κ2) is 10.6. The summed E-state index contributed by atoms with van der Waals surface area (Å²) in [5, 5.41) is 3.16. The summed E-state index contributed by atoms with van der Waals surface area (Å²) >= 11 is 0. The number of rotatable bonds is 9. The summed E-state index contributed by atoms with van der Waals surface area (Å²) < 4.78 is 88.6. The van der Waals surface area contributed by atoms with E-state index >= 15 is 0 Å². The number of benzene rings is 1. The third kappa shape index (κ3) is 6.78. The van der Waals surface area contributed by atoms with Crippen LogP contribution < -0.4 is 5.32 Å². The van der Waals surface area contributed by atoms with Crippen molar-refractivity contribution in [3.63, 3.8) is 0 Å². The Morgan fingerprint density at radius 2 is 1.72 bits per heavy atom. The van der Waals surface area contributed by atoms with Gasteiger partial charge in [0.1, 0.15) is 5.82 Å². The van der Waals surface area contributed by atoms with Crippen LogP contribution in [0.4, 0.5) is 14.5 Å². The van der Waals surface area contributed by atoms with Crippen molar-refractivity contribution < 1.29 is 30.2 Å². The fourth-order valence-corrected chi connectivity index (χ4v) is 6.16. The van der Waals surface area contributed by atoms with Crippen molar-refractivity contribution in [1.29, 1.82) is 0 Å². The van der Waals surface area contributed by atoms with Crippen LogP contribution in [0.25, 0.3) is 22.3 Å². The van der Waals surface area contributed by atoms with Gasteiger partial charge in [0.25, 0.3) is 10.1 Å². The minimum Gasteiger partial charge on any atom is -0.379 e. The zero-order valence-corrected chi connectivity index (χ0v) is 23.1. The Bertz CT molecular complexity index is 1720. The first-order valence-electron chi connectivity index (χ1n) is 12.0. The molecule has 4 rings (SSSR count). The van der Waals surface area contributed by atoms with Gasteiger partial charge in [-0.15, -0.1) is 0 Å². The van der Waals surface area contributed by atoms with Crippen LogP contribution in [-0.4, -0.2) is 47.1 Å². The topological polar surface area (TPSA) is 131 Å². The molecular weight excluding hydrogens is 550 g/mol. The number of anilines is 1. The maximum atomic E-state index is 14.9. The molecule has 1 atom stereocenters. The van der Waals surface area contributed by atoms with Crippen molar-refractivity contribution in [3.05, 3.63) is 78.3 Å². The highest BCUT2D eigenvalue weighted by Gasteiger charge is 2.28. The standard InChI is InChI=1S/C26H28F2N4O5S2/c1-26(2,3)24(9-10-39(35,36)37)31-23-12-22(29-14-21(23)28)20-15-32(25-19(20)11-18(27)13-30-25)38(33,34)16-17-7-5-4-6-8-17/h4-8,11-15,24H,9-10,16H2,1-3H3,(H,29,31)(H,35,36,37)/t24-/m0/s1. The molecule has 0 aliphatic heterocycles. The van der Waals surface area contributed by atoms with Crippen LogP contribution in [0.1, 0.15) is 32.8 Å². The Morgan fingerprint density at radius 1 is 1.03 bits per heavy atom. The van der Waals surface area contributed by atoms with E-state index in [1.54, 1.807) is 30.3 Å². The summed E-state index contributed by atoms with van der Waals surface area (Å²) in [7, 11) is -8.23. The quantitative estimate of drug-likeness (QED) is 0.269. The Hall–Kier alpha value is -3.42. The minimum atomic E-state index is -4.24. The molecule has 0 radical (unpaired) electrons. The van der Waals surface area contributed by atoms with Crippen LogP contribution in [-0.2, 0) is 25.9 Å². The maximum Gasteiger partial charge on any atom is 0.264 e. The maximum absolute atomic E-state index is 14.9. The Labute approximate surface area is 225 Å². The Morgan fingerprint density at radius 3 is 2.36 bits per heavy atom. The van der Waals surface area contributed by atoms with E-state index in [4.69, 9.17) is 0 Å². The predicted octanol–water partition coefficient (Wildman–Crippen LogP) is 4.86. The van der Waals surface area contributed by atoms with Gasteiger partial charge < -0.3 is 5.32 Å². The largest absolute Gasteiger partial charge is 0.379 e. The van der Waals surface area contributed by atoms with E-state index in [0.29, 0.717) is 5.56 Å². The number of hydrogen-bond donors (Lipinski definition) is 2. The van der Waals surface area contributed by atoms with Crippen LogP contribution >= 0.6 is 0 Å². The molecule has 13 heteroatoms. The first kappa shape index (κ1) is 28.6. The van der Waals surface area contributed by atoms with Crippen LogP contribution in [0.2, 0.25) is 0 Å². The van der Waals surface area contributed by atoms with Crippen LogP contribution in [0.5, 0.6) is 0 Å². The van der Waals surface area contributed by atoms with Gasteiger partial charge in [0, 0.05) is 23.2 Å². The Balaban J connectivity index is 1.78. The van der Waals surface area contributed by atoms with Crippen molar-refractivity contribution >= 4 is 36.9 Å². The van der Waals surface area contributed by atoms with Gasteiger partial charge in [-0.05, 0) is 29.5 Å². The van der Waals surface area contributed by atoms with Gasteiger partial charge >= 0.3 is 0 Å². The summed E-state index contributed by atoms with van der Waals surface area (Å²) in [6.45, 7) is 5.48. The van der Waals surface area contributed by atoms with Gasteiger partial charge in [-0.1, -0.05) is 51.1 Å². The molecular formula is C26H28F2N4O5S2. The monoisotopic (exact) mass is 578 g/mol. The smallest absolute Gasteiger partial charge is 0.264 e. The molecule has 208 valence electrons. The lowest BCUT2D eigenvalue weighted by Gasteiger charge is -2.32. The molecule has 0 saturated carbocycles. The van der Waals surface area contributed by atoms with E-state index < -0.39 is 49.0 Å². The molecule has 3 aromatic heterocycles. The average Bonchev–Trinajstić information content (AvgIpc) is 3.21. The second-order valence-corrected chi connectivity index (χ2v) is 13.7. The van der Waals surface area contributed by atoms with E-state index in [9.17, 15) is 30.2 Å². The van der Waals surface area contributed by atoms with E-state index in [2.05, 4.69) is 15.3 Å². The zero-order chi connectivity index (χ0) is 28.6. The number of aromatic nitrogens is 3. The number of nitrogens with one attached hydrogen (secondary N) is 1. The van der Waals surface area contributed by atoms with E-state index in [1.807, 2.05) is 20.8 Å². The summed E-state index contributed by atoms with van der Waals surface area (Å²) in [6.07, 6.45) is 3.12. The van der Waals surface area contributed by atoms with Crippen molar-refractivity contribution in [2.24, 2.45) is 5.41 Å². The number of pyridine rings is 2. The molecule has 0 fully saturated rings. The number of fused-ring (bicyclic) bond motifs is 1. The second-order valence-electron chi connectivity index (χ2n) is 10.3. The molecule has 0 saturated heterocycles. The molecule has 0 spiro atoms. The van der Waals surface area contributed by atoms with Crippen LogP contribution in [0, 0.1) is 17.0 Å². The average molecular weight is 579 g/mol. The summed E-state index contributed by atoms with van der Waals surface area (Å²) in [5.41, 5.74) is 0.341. The van der Waals surface area contributed by atoms with Gasteiger partial charge in [-0.2, -0.15) is 8.42 Å². The highest BCUT2D eigenvalue weighted by Crippen LogP contribution is 2.34. The van der Waals surface area contributed by atoms with E-state index in [1.165, 1.54) is 12.3 Å². The third-order valence-electron chi connectivity index (χ3n) is 6.24. The first-order chi connectivity index (χ1) is 18.1. The summed E-state index contributed by atoms with van der Waals surface area (Å²) in [5.74, 6) is -2.29. The fraction of sp³-hybridized carbons (Fsp3) is 0.308. The van der Waals surface area contributed by atoms with Crippen molar-refractivity contribution in [2.45, 2.75) is 39.0 Å².